The third-order valence-electron chi connectivity index (χ3n) is 6.98. The van der Waals surface area contributed by atoms with Crippen LogP contribution in [0.4, 0.5) is 13.2 Å². The maximum Gasteiger partial charge on any atom is 0.416 e. The van der Waals surface area contributed by atoms with Crippen LogP contribution in [0.3, 0.4) is 0 Å². The third-order valence-corrected chi connectivity index (χ3v) is 8.09. The highest BCUT2D eigenvalue weighted by atomic mass is 32.2. The summed E-state index contributed by atoms with van der Waals surface area (Å²) in [5.41, 5.74) is 1.05. The van der Waals surface area contributed by atoms with Crippen molar-refractivity contribution in [3.63, 3.8) is 0 Å². The van der Waals surface area contributed by atoms with Crippen molar-refractivity contribution in [2.24, 2.45) is 13.0 Å². The van der Waals surface area contributed by atoms with E-state index >= 15 is 0 Å². The lowest BCUT2D eigenvalue weighted by Gasteiger charge is -2.32. The monoisotopic (exact) mass is 477 g/mol. The van der Waals surface area contributed by atoms with E-state index in [0.29, 0.717) is 17.5 Å². The lowest BCUT2D eigenvalue weighted by atomic mass is 9.86. The van der Waals surface area contributed by atoms with E-state index in [1.807, 2.05) is 24.6 Å². The number of likely N-dealkylation sites (tertiary alicyclic amines) is 1. The van der Waals surface area contributed by atoms with Gasteiger partial charge in [-0.15, -0.1) is 10.2 Å². The first-order valence-electron chi connectivity index (χ1n) is 11.1. The summed E-state index contributed by atoms with van der Waals surface area (Å²) in [5, 5.41) is 9.35. The molecule has 0 N–H and O–H groups in total. The summed E-state index contributed by atoms with van der Waals surface area (Å²) < 4.78 is 46.7. The van der Waals surface area contributed by atoms with Gasteiger partial charge in [-0.25, -0.2) is 4.98 Å². The number of aryl methyl sites for hydroxylation is 1. The molecule has 6 nitrogen and oxygen atoms in total. The number of hydrogen-bond acceptors (Lipinski definition) is 6. The lowest BCUT2D eigenvalue weighted by molar-refractivity contribution is -0.137. The number of piperidine rings is 1. The van der Waals surface area contributed by atoms with Crippen molar-refractivity contribution in [3.8, 4) is 11.6 Å². The molecular formula is C23H26F3N5OS. The summed E-state index contributed by atoms with van der Waals surface area (Å²) in [6, 6.07) is 5.95. The summed E-state index contributed by atoms with van der Waals surface area (Å²) in [7, 11) is 1.92. The fourth-order valence-electron chi connectivity index (χ4n) is 5.00. The van der Waals surface area contributed by atoms with Gasteiger partial charge in [-0.2, -0.15) is 13.2 Å². The van der Waals surface area contributed by atoms with Gasteiger partial charge in [-0.05, 0) is 56.8 Å². The van der Waals surface area contributed by atoms with Gasteiger partial charge in [0.25, 0.3) is 0 Å². The standard InChI is InChI=1S/C23H26F3N5OS/c1-15-19(32-14-27-15)20-28-29-21(30(20)2)33-10-4-8-31-9-7-22(12-18(22)13-31)16-5-3-6-17(11-16)23(24,25)26/h3,5-6,11,14,18H,4,7-10,12-13H2,1-2H3/t18-,22-/m1/s1. The van der Waals surface area contributed by atoms with E-state index in [4.69, 9.17) is 4.42 Å². The van der Waals surface area contributed by atoms with Crippen LogP contribution in [0.5, 0.6) is 0 Å². The second kappa shape index (κ2) is 8.47. The number of fused-ring (bicyclic) bond motifs is 1. The molecule has 3 heterocycles. The number of rotatable bonds is 7. The van der Waals surface area contributed by atoms with E-state index in [9.17, 15) is 13.2 Å². The Kier molecular flexibility index (Phi) is 5.76. The zero-order chi connectivity index (χ0) is 23.2. The summed E-state index contributed by atoms with van der Waals surface area (Å²) in [4.78, 5) is 6.56. The number of halogens is 3. The number of nitrogens with zero attached hydrogens (tertiary/aromatic N) is 5. The van der Waals surface area contributed by atoms with Gasteiger partial charge in [0.15, 0.2) is 17.3 Å². The van der Waals surface area contributed by atoms with Crippen LogP contribution in [0.25, 0.3) is 11.6 Å². The van der Waals surface area contributed by atoms with E-state index < -0.39 is 11.7 Å². The maximum absolute atomic E-state index is 13.1. The Bertz CT molecular complexity index is 1140. The predicted molar refractivity (Wildman–Crippen MR) is 119 cm³/mol. The topological polar surface area (TPSA) is 60.0 Å². The van der Waals surface area contributed by atoms with Gasteiger partial charge in [-0.1, -0.05) is 30.0 Å². The Balaban J connectivity index is 1.11. The molecule has 0 amide bonds. The minimum Gasteiger partial charge on any atom is -0.440 e. The highest BCUT2D eigenvalue weighted by Gasteiger charge is 2.57. The van der Waals surface area contributed by atoms with Crippen molar-refractivity contribution < 1.29 is 17.6 Å². The van der Waals surface area contributed by atoms with Gasteiger partial charge in [0.05, 0.1) is 11.3 Å². The van der Waals surface area contributed by atoms with Crippen molar-refractivity contribution in [2.75, 3.05) is 25.4 Å². The molecule has 3 aromatic rings. The summed E-state index contributed by atoms with van der Waals surface area (Å²) in [6.45, 7) is 4.74. The maximum atomic E-state index is 13.1. The molecule has 1 saturated heterocycles. The molecule has 2 aliphatic rings. The Hall–Kier alpha value is -2.33. The number of alkyl halides is 3. The lowest BCUT2D eigenvalue weighted by Crippen LogP contribution is -2.37. The molecule has 0 bridgehead atoms. The number of thioether (sulfide) groups is 1. The summed E-state index contributed by atoms with van der Waals surface area (Å²) in [6.07, 6.45) is 0.0496. The zero-order valence-electron chi connectivity index (χ0n) is 18.6. The number of aromatic nitrogens is 4. The largest absolute Gasteiger partial charge is 0.440 e. The highest BCUT2D eigenvalue weighted by Crippen LogP contribution is 2.59. The molecular weight excluding hydrogens is 451 g/mol. The first-order valence-corrected chi connectivity index (χ1v) is 12.1. The molecule has 33 heavy (non-hydrogen) atoms. The van der Waals surface area contributed by atoms with Gasteiger partial charge in [-0.3, -0.25) is 0 Å². The quantitative estimate of drug-likeness (QED) is 0.355. The van der Waals surface area contributed by atoms with Crippen LogP contribution in [0.1, 0.15) is 36.1 Å². The van der Waals surface area contributed by atoms with E-state index in [2.05, 4.69) is 20.1 Å². The SMILES string of the molecule is Cc1ncoc1-c1nnc(SCCCN2CC[C@]3(c4cccc(C(F)(F)F)c4)C[C@@H]3C2)n1C. The predicted octanol–water partition coefficient (Wildman–Crippen LogP) is 4.94. The molecule has 0 unspecified atom stereocenters. The highest BCUT2D eigenvalue weighted by molar-refractivity contribution is 7.99. The van der Waals surface area contributed by atoms with E-state index in [-0.39, 0.29) is 5.41 Å². The summed E-state index contributed by atoms with van der Waals surface area (Å²) in [5.74, 6) is 2.68. The molecule has 10 heteroatoms. The van der Waals surface area contributed by atoms with Crippen molar-refractivity contribution in [2.45, 2.75) is 42.9 Å². The molecule has 1 saturated carbocycles. The van der Waals surface area contributed by atoms with Crippen molar-refractivity contribution in [3.05, 3.63) is 47.5 Å². The van der Waals surface area contributed by atoms with Gasteiger partial charge >= 0.3 is 6.18 Å². The van der Waals surface area contributed by atoms with Gasteiger partial charge < -0.3 is 13.9 Å². The Labute approximate surface area is 194 Å². The molecule has 1 aromatic carbocycles. The average molecular weight is 478 g/mol. The van der Waals surface area contributed by atoms with Crippen LogP contribution in [0, 0.1) is 12.8 Å². The zero-order valence-corrected chi connectivity index (χ0v) is 19.4. The van der Waals surface area contributed by atoms with Crippen molar-refractivity contribution in [1.82, 2.24) is 24.6 Å². The fourth-order valence-corrected chi connectivity index (χ4v) is 5.83. The number of hydrogen-bond donors (Lipinski definition) is 0. The van der Waals surface area contributed by atoms with Gasteiger partial charge in [0, 0.05) is 24.8 Å². The Morgan fingerprint density at radius 2 is 2.12 bits per heavy atom. The van der Waals surface area contributed by atoms with Gasteiger partial charge in [0.2, 0.25) is 5.82 Å². The Morgan fingerprint density at radius 1 is 1.27 bits per heavy atom. The second-order valence-electron chi connectivity index (χ2n) is 9.02. The van der Waals surface area contributed by atoms with Crippen LogP contribution in [0.15, 0.2) is 40.2 Å². The van der Waals surface area contributed by atoms with Crippen molar-refractivity contribution >= 4 is 11.8 Å². The van der Waals surface area contributed by atoms with Crippen LogP contribution < -0.4 is 0 Å². The second-order valence-corrected chi connectivity index (χ2v) is 10.1. The van der Waals surface area contributed by atoms with E-state index in [1.165, 1.54) is 12.5 Å². The average Bonchev–Trinajstić information content (AvgIpc) is 3.22. The molecule has 5 rings (SSSR count). The first kappa shape index (κ1) is 22.5. The van der Waals surface area contributed by atoms with Crippen molar-refractivity contribution in [1.29, 1.82) is 0 Å². The molecule has 176 valence electrons. The minimum atomic E-state index is -4.29. The molecule has 0 spiro atoms. The number of benzene rings is 1. The minimum absolute atomic E-state index is 0.0552. The molecule has 2 aromatic heterocycles. The normalized spacial score (nSPS) is 23.0. The smallest absolute Gasteiger partial charge is 0.416 e. The molecule has 2 fully saturated rings. The van der Waals surface area contributed by atoms with Crippen LogP contribution in [0.2, 0.25) is 0 Å². The fraction of sp³-hybridized carbons (Fsp3) is 0.522. The van der Waals surface area contributed by atoms with E-state index in [1.54, 1.807) is 17.8 Å². The molecule has 1 aliphatic heterocycles. The van der Waals surface area contributed by atoms with Crippen LogP contribution >= 0.6 is 11.8 Å². The van der Waals surface area contributed by atoms with Gasteiger partial charge in [0.1, 0.15) is 0 Å². The summed E-state index contributed by atoms with van der Waals surface area (Å²) >= 11 is 1.66. The van der Waals surface area contributed by atoms with E-state index in [0.717, 1.165) is 67.1 Å². The Morgan fingerprint density at radius 3 is 2.85 bits per heavy atom. The number of oxazole rings is 1. The third kappa shape index (κ3) is 4.30. The van der Waals surface area contributed by atoms with Crippen LogP contribution in [-0.2, 0) is 18.6 Å². The molecule has 0 radical (unpaired) electrons. The molecule has 1 aliphatic carbocycles. The molecule has 2 atom stereocenters. The first-order chi connectivity index (χ1) is 15.8. The van der Waals surface area contributed by atoms with Crippen LogP contribution in [-0.4, -0.2) is 50.0 Å².